The second kappa shape index (κ2) is 5.92. The van der Waals surface area contributed by atoms with Gasteiger partial charge in [-0.3, -0.25) is 14.5 Å². The molecule has 3 aliphatic rings. The number of nitrogens with one attached hydrogen (secondary N) is 1. The van der Waals surface area contributed by atoms with Crippen LogP contribution in [-0.2, 0) is 27.2 Å². The van der Waals surface area contributed by atoms with Crippen molar-refractivity contribution in [3.05, 3.63) is 11.8 Å². The summed E-state index contributed by atoms with van der Waals surface area (Å²) in [5, 5.41) is 3.06. The molecule has 1 N–H and O–H groups in total. The molecule has 1 saturated heterocycles. The maximum atomic E-state index is 13.7. The molecule has 2 fully saturated rings. The summed E-state index contributed by atoms with van der Waals surface area (Å²) in [6, 6.07) is 0. The van der Waals surface area contributed by atoms with E-state index < -0.39 is 16.6 Å². The molecule has 2 atom stereocenters. The van der Waals surface area contributed by atoms with Gasteiger partial charge in [0.1, 0.15) is 17.5 Å². The van der Waals surface area contributed by atoms with Crippen molar-refractivity contribution in [1.82, 2.24) is 15.3 Å². The molecule has 2 aliphatic heterocycles. The number of amides is 2. The van der Waals surface area contributed by atoms with E-state index in [0.717, 1.165) is 24.8 Å². The summed E-state index contributed by atoms with van der Waals surface area (Å²) in [5.41, 5.74) is -0.591. The molecule has 1 aromatic heterocycles. The summed E-state index contributed by atoms with van der Waals surface area (Å²) in [6.45, 7) is 4.74. The van der Waals surface area contributed by atoms with Crippen LogP contribution in [0.25, 0.3) is 0 Å². The first-order chi connectivity index (χ1) is 12.3. The number of carbonyl (C=O) groups is 2. The van der Waals surface area contributed by atoms with Gasteiger partial charge in [0.15, 0.2) is 0 Å². The van der Waals surface area contributed by atoms with Gasteiger partial charge >= 0.3 is 5.16 Å². The molecule has 8 heteroatoms. The smallest absolute Gasteiger partial charge is 0.344 e. The third-order valence-electron chi connectivity index (χ3n) is 6.40. The fourth-order valence-corrected chi connectivity index (χ4v) is 5.02. The van der Waals surface area contributed by atoms with E-state index in [1.54, 1.807) is 11.1 Å². The fraction of sp³-hybridized carbons (Fsp3) is 0.667. The summed E-state index contributed by atoms with van der Waals surface area (Å²) in [5.74, 6) is 0.437. The van der Waals surface area contributed by atoms with Gasteiger partial charge < -0.3 is 9.87 Å². The molecule has 1 spiro atoms. The van der Waals surface area contributed by atoms with E-state index in [9.17, 15) is 14.1 Å². The first-order valence-corrected chi connectivity index (χ1v) is 10.7. The molecule has 0 bridgehead atoms. The highest BCUT2D eigenvalue weighted by Gasteiger charge is 2.60. The predicted octanol–water partition coefficient (Wildman–Crippen LogP) is 1.19. The van der Waals surface area contributed by atoms with E-state index in [2.05, 4.69) is 29.1 Å². The van der Waals surface area contributed by atoms with Crippen LogP contribution in [0.3, 0.4) is 0 Å². The van der Waals surface area contributed by atoms with Crippen LogP contribution < -0.4 is 10.2 Å². The Morgan fingerprint density at radius 2 is 2.04 bits per heavy atom. The second-order valence-electron chi connectivity index (χ2n) is 7.97. The van der Waals surface area contributed by atoms with Crippen LogP contribution in [0, 0.1) is 11.3 Å². The quantitative estimate of drug-likeness (QED) is 0.485. The maximum Gasteiger partial charge on any atom is 0.344 e. The van der Waals surface area contributed by atoms with Crippen molar-refractivity contribution in [2.75, 3.05) is 17.7 Å². The number of rotatable bonds is 3. The number of nitrogens with zero attached hydrogens (tertiary/aromatic N) is 3. The van der Waals surface area contributed by atoms with Crippen LogP contribution in [-0.4, -0.2) is 44.7 Å². The van der Waals surface area contributed by atoms with Crippen LogP contribution >= 0.6 is 0 Å². The minimum atomic E-state index is -1.33. The van der Waals surface area contributed by atoms with Crippen molar-refractivity contribution in [2.24, 2.45) is 11.3 Å². The van der Waals surface area contributed by atoms with E-state index in [1.165, 1.54) is 6.26 Å². The van der Waals surface area contributed by atoms with Crippen LogP contribution in [0.2, 0.25) is 0 Å². The predicted molar refractivity (Wildman–Crippen MR) is 97.0 cm³/mol. The second-order valence-corrected chi connectivity index (χ2v) is 9.25. The normalized spacial score (nSPS) is 28.1. The molecule has 0 radical (unpaired) electrons. The zero-order valence-corrected chi connectivity index (χ0v) is 16.2. The SMILES string of the molecule is CC(C)C1(N2C(=O)C3(CCNC3=O)Cc3cnc([S+](C)[O-])nc32)CCC1. The monoisotopic (exact) mass is 376 g/mol. The van der Waals surface area contributed by atoms with Crippen molar-refractivity contribution in [2.45, 2.75) is 56.6 Å². The van der Waals surface area contributed by atoms with Crippen LogP contribution in [0.1, 0.15) is 45.1 Å². The third-order valence-corrected chi connectivity index (χ3v) is 7.12. The zero-order valence-electron chi connectivity index (χ0n) is 15.4. The lowest BCUT2D eigenvalue weighted by Crippen LogP contribution is -2.66. The first-order valence-electron chi connectivity index (χ1n) is 9.14. The fourth-order valence-electron chi connectivity index (χ4n) is 4.61. The summed E-state index contributed by atoms with van der Waals surface area (Å²) in [4.78, 5) is 36.8. The molecule has 0 aromatic carbocycles. The zero-order chi connectivity index (χ0) is 18.7. The molecule has 1 aromatic rings. The Hall–Kier alpha value is -1.67. The lowest BCUT2D eigenvalue weighted by molar-refractivity contribution is -0.141. The Kier molecular flexibility index (Phi) is 4.04. The number of carbonyl (C=O) groups excluding carboxylic acids is 2. The highest BCUT2D eigenvalue weighted by Crippen LogP contribution is 2.51. The summed E-state index contributed by atoms with van der Waals surface area (Å²) >= 11 is -1.33. The Labute approximate surface area is 156 Å². The van der Waals surface area contributed by atoms with E-state index in [1.807, 2.05) is 0 Å². The molecule has 140 valence electrons. The van der Waals surface area contributed by atoms with Crippen molar-refractivity contribution in [3.63, 3.8) is 0 Å². The number of aromatic nitrogens is 2. The number of hydrogen-bond acceptors (Lipinski definition) is 5. The van der Waals surface area contributed by atoms with Crippen molar-refractivity contribution >= 4 is 28.8 Å². The minimum Gasteiger partial charge on any atom is -0.609 e. The Balaban J connectivity index is 1.91. The van der Waals surface area contributed by atoms with Gasteiger partial charge in [-0.1, -0.05) is 13.8 Å². The van der Waals surface area contributed by atoms with Gasteiger partial charge in [0.05, 0.1) is 5.54 Å². The number of anilines is 1. The van der Waals surface area contributed by atoms with Crippen LogP contribution in [0.5, 0.6) is 0 Å². The summed E-state index contributed by atoms with van der Waals surface area (Å²) < 4.78 is 11.9. The molecule has 1 aliphatic carbocycles. The van der Waals surface area contributed by atoms with Gasteiger partial charge in [0.25, 0.3) is 0 Å². The van der Waals surface area contributed by atoms with E-state index >= 15 is 0 Å². The van der Waals surface area contributed by atoms with Gasteiger partial charge in [-0.05, 0) is 31.6 Å². The Morgan fingerprint density at radius 1 is 1.31 bits per heavy atom. The molecular weight excluding hydrogens is 352 g/mol. The van der Waals surface area contributed by atoms with Crippen molar-refractivity contribution in [1.29, 1.82) is 0 Å². The Morgan fingerprint density at radius 3 is 2.54 bits per heavy atom. The summed E-state index contributed by atoms with van der Waals surface area (Å²) in [6.07, 6.45) is 6.83. The first kappa shape index (κ1) is 17.7. The van der Waals surface area contributed by atoms with E-state index in [-0.39, 0.29) is 28.4 Å². The van der Waals surface area contributed by atoms with Gasteiger partial charge in [-0.15, -0.1) is 0 Å². The van der Waals surface area contributed by atoms with Crippen molar-refractivity contribution in [3.8, 4) is 0 Å². The van der Waals surface area contributed by atoms with Gasteiger partial charge in [-0.25, -0.2) is 0 Å². The van der Waals surface area contributed by atoms with Crippen molar-refractivity contribution < 1.29 is 14.1 Å². The number of hydrogen-bond donors (Lipinski definition) is 1. The molecule has 7 nitrogen and oxygen atoms in total. The summed E-state index contributed by atoms with van der Waals surface area (Å²) in [7, 11) is 0. The average molecular weight is 376 g/mol. The van der Waals surface area contributed by atoms with Gasteiger partial charge in [0, 0.05) is 35.9 Å². The highest BCUT2D eigenvalue weighted by atomic mass is 32.2. The highest BCUT2D eigenvalue weighted by molar-refractivity contribution is 7.90. The molecule has 4 rings (SSSR count). The maximum absolute atomic E-state index is 13.7. The van der Waals surface area contributed by atoms with Gasteiger partial charge in [-0.2, -0.15) is 9.97 Å². The van der Waals surface area contributed by atoms with Gasteiger partial charge in [0.2, 0.25) is 11.8 Å². The van der Waals surface area contributed by atoms with Crippen LogP contribution in [0.4, 0.5) is 5.82 Å². The Bertz CT molecular complexity index is 778. The van der Waals surface area contributed by atoms with E-state index in [0.29, 0.717) is 25.2 Å². The standard InChI is InChI=1S/C18H24N4O3S/c1-11(2)18(5-4-6-18)22-13-12(10-20-16(21-13)26(3)25)9-17(15(22)24)7-8-19-14(17)23/h10-11H,4-9H2,1-3H3,(H,19,23). The average Bonchev–Trinajstić information content (AvgIpc) is 2.90. The molecular formula is C18H24N4O3S. The van der Waals surface area contributed by atoms with Crippen LogP contribution in [0.15, 0.2) is 11.4 Å². The lowest BCUT2D eigenvalue weighted by atomic mass is 9.65. The largest absolute Gasteiger partial charge is 0.609 e. The lowest BCUT2D eigenvalue weighted by Gasteiger charge is -2.55. The molecule has 1 saturated carbocycles. The van der Waals surface area contributed by atoms with E-state index in [4.69, 9.17) is 0 Å². The topological polar surface area (TPSA) is 98.2 Å². The number of fused-ring (bicyclic) bond motifs is 1. The minimum absolute atomic E-state index is 0.153. The molecule has 2 unspecified atom stereocenters. The molecule has 2 amide bonds. The third kappa shape index (κ3) is 2.24. The molecule has 3 heterocycles. The molecule has 26 heavy (non-hydrogen) atoms.